The summed E-state index contributed by atoms with van der Waals surface area (Å²) >= 11 is 0. The molecule has 0 aliphatic carbocycles. The number of para-hydroxylation sites is 2. The molecule has 78 valence electrons. The van der Waals surface area contributed by atoms with Gasteiger partial charge in [-0.1, -0.05) is 12.1 Å². The Hall–Kier alpha value is -0.450. The number of nitrogens with zero attached hydrogens (tertiary/aromatic N) is 2. The lowest BCUT2D eigenvalue weighted by Crippen LogP contribution is -2.30. The Morgan fingerprint density at radius 2 is 1.43 bits per heavy atom. The van der Waals surface area contributed by atoms with E-state index in [0.29, 0.717) is 0 Å². The maximum absolute atomic E-state index is 2.40. The Balaban J connectivity index is 0.000000980. The van der Waals surface area contributed by atoms with Crippen molar-refractivity contribution in [1.82, 2.24) is 0 Å². The highest BCUT2D eigenvalue weighted by molar-refractivity contribution is 14.0. The molecular weight excluding hydrogens is 287 g/mol. The van der Waals surface area contributed by atoms with Crippen LogP contribution in [0.4, 0.5) is 11.4 Å². The van der Waals surface area contributed by atoms with Crippen LogP contribution in [0, 0.1) is 0 Å². The number of hydrogen-bond acceptors (Lipinski definition) is 2. The molecule has 2 nitrogen and oxygen atoms in total. The van der Waals surface area contributed by atoms with Gasteiger partial charge in [-0.3, -0.25) is 0 Å². The minimum Gasteiger partial charge on any atom is -0.352 e. The largest absolute Gasteiger partial charge is 0.352 e. The molecule has 14 heavy (non-hydrogen) atoms. The van der Waals surface area contributed by atoms with Gasteiger partial charge in [-0.05, 0) is 26.0 Å². The Morgan fingerprint density at radius 1 is 1.00 bits per heavy atom. The summed E-state index contributed by atoms with van der Waals surface area (Å²) in [6.07, 6.45) is 0. The second-order valence-corrected chi connectivity index (χ2v) is 3.34. The molecule has 0 radical (unpaired) electrons. The second kappa shape index (κ2) is 4.87. The predicted octanol–water partition coefficient (Wildman–Crippen LogP) is 2.93. The first-order valence-corrected chi connectivity index (χ1v) is 4.95. The van der Waals surface area contributed by atoms with Gasteiger partial charge in [0.05, 0.1) is 18.0 Å². The van der Waals surface area contributed by atoms with Crippen LogP contribution in [-0.4, -0.2) is 19.8 Å². The van der Waals surface area contributed by atoms with Gasteiger partial charge in [0.2, 0.25) is 0 Å². The molecule has 1 aliphatic rings. The first-order chi connectivity index (χ1) is 6.36. The maximum Gasteiger partial charge on any atom is 0.0903 e. The predicted molar refractivity (Wildman–Crippen MR) is 72.8 cm³/mol. The van der Waals surface area contributed by atoms with Gasteiger partial charge in [-0.2, -0.15) is 0 Å². The summed E-state index contributed by atoms with van der Waals surface area (Å²) in [7, 11) is 0. The normalized spacial score (nSPS) is 13.9. The van der Waals surface area contributed by atoms with E-state index in [9.17, 15) is 0 Å². The molecular formula is C11H17IN2. The monoisotopic (exact) mass is 304 g/mol. The van der Waals surface area contributed by atoms with Gasteiger partial charge in [0, 0.05) is 13.1 Å². The summed E-state index contributed by atoms with van der Waals surface area (Å²) in [5.41, 5.74) is 2.76. The Bertz CT molecular complexity index is 272. The zero-order valence-electron chi connectivity index (χ0n) is 8.73. The van der Waals surface area contributed by atoms with Crippen LogP contribution in [0.3, 0.4) is 0 Å². The van der Waals surface area contributed by atoms with Gasteiger partial charge in [-0.25, -0.2) is 0 Å². The third kappa shape index (κ3) is 1.82. The van der Waals surface area contributed by atoms with Crippen molar-refractivity contribution < 1.29 is 0 Å². The highest BCUT2D eigenvalue weighted by atomic mass is 127. The average molecular weight is 304 g/mol. The zero-order valence-corrected chi connectivity index (χ0v) is 11.1. The Labute approximate surface area is 103 Å². The summed E-state index contributed by atoms with van der Waals surface area (Å²) < 4.78 is 0. The van der Waals surface area contributed by atoms with E-state index in [1.807, 2.05) is 0 Å². The number of benzene rings is 1. The number of halogens is 1. The summed E-state index contributed by atoms with van der Waals surface area (Å²) in [6, 6.07) is 8.63. The summed E-state index contributed by atoms with van der Waals surface area (Å²) in [4.78, 5) is 4.80. The Morgan fingerprint density at radius 3 is 1.79 bits per heavy atom. The van der Waals surface area contributed by atoms with E-state index < -0.39 is 0 Å². The van der Waals surface area contributed by atoms with Crippen LogP contribution in [-0.2, 0) is 0 Å². The minimum atomic E-state index is 0. The molecule has 0 fully saturated rings. The lowest BCUT2D eigenvalue weighted by atomic mass is 10.2. The first-order valence-electron chi connectivity index (χ1n) is 4.95. The molecule has 0 unspecified atom stereocenters. The van der Waals surface area contributed by atoms with E-state index in [0.717, 1.165) is 19.8 Å². The number of rotatable bonds is 2. The van der Waals surface area contributed by atoms with Crippen molar-refractivity contribution in [3.63, 3.8) is 0 Å². The van der Waals surface area contributed by atoms with Crippen molar-refractivity contribution in [1.29, 1.82) is 0 Å². The molecule has 0 bridgehead atoms. The van der Waals surface area contributed by atoms with Gasteiger partial charge in [0.15, 0.2) is 0 Å². The minimum absolute atomic E-state index is 0. The standard InChI is InChI=1S/C11H16N2.HI/c1-3-12-9-13(4-2)11-8-6-5-7-10(11)12;/h5-8H,3-4,9H2,1-2H3;1H. The number of fused-ring (bicyclic) bond motifs is 1. The number of anilines is 2. The third-order valence-electron chi connectivity index (χ3n) is 2.67. The van der Waals surface area contributed by atoms with Crippen molar-refractivity contribution in [2.45, 2.75) is 13.8 Å². The van der Waals surface area contributed by atoms with E-state index in [1.54, 1.807) is 0 Å². The van der Waals surface area contributed by atoms with Crippen molar-refractivity contribution in [3.8, 4) is 0 Å². The SMILES string of the molecule is CCN1CN(CC)c2ccccc21.I. The molecule has 3 heteroatoms. The first kappa shape index (κ1) is 11.6. The molecule has 1 aliphatic heterocycles. The molecule has 1 aromatic carbocycles. The fourth-order valence-corrected chi connectivity index (χ4v) is 1.90. The molecule has 0 amide bonds. The van der Waals surface area contributed by atoms with Crippen LogP contribution >= 0.6 is 24.0 Å². The van der Waals surface area contributed by atoms with Crippen LogP contribution in [0.15, 0.2) is 24.3 Å². The van der Waals surface area contributed by atoms with E-state index in [4.69, 9.17) is 0 Å². The van der Waals surface area contributed by atoms with Crippen LogP contribution < -0.4 is 9.80 Å². The smallest absolute Gasteiger partial charge is 0.0903 e. The summed E-state index contributed by atoms with van der Waals surface area (Å²) in [6.45, 7) is 7.64. The van der Waals surface area contributed by atoms with E-state index in [-0.39, 0.29) is 24.0 Å². The third-order valence-corrected chi connectivity index (χ3v) is 2.67. The lowest BCUT2D eigenvalue weighted by molar-refractivity contribution is 0.801. The van der Waals surface area contributed by atoms with Crippen LogP contribution in [0.1, 0.15) is 13.8 Å². The van der Waals surface area contributed by atoms with Crippen molar-refractivity contribution in [3.05, 3.63) is 24.3 Å². The molecule has 1 aromatic rings. The van der Waals surface area contributed by atoms with Gasteiger partial charge in [0.1, 0.15) is 0 Å². The average Bonchev–Trinajstić information content (AvgIpc) is 2.56. The molecule has 0 saturated carbocycles. The maximum atomic E-state index is 2.40. The molecule has 0 N–H and O–H groups in total. The van der Waals surface area contributed by atoms with E-state index >= 15 is 0 Å². The highest BCUT2D eigenvalue weighted by Crippen LogP contribution is 2.34. The van der Waals surface area contributed by atoms with Gasteiger partial charge in [0.25, 0.3) is 0 Å². The molecule has 0 aromatic heterocycles. The van der Waals surface area contributed by atoms with Crippen molar-refractivity contribution in [2.75, 3.05) is 29.6 Å². The van der Waals surface area contributed by atoms with Gasteiger partial charge in [-0.15, -0.1) is 24.0 Å². The molecule has 0 spiro atoms. The summed E-state index contributed by atoms with van der Waals surface area (Å²) in [5.74, 6) is 0. The second-order valence-electron chi connectivity index (χ2n) is 3.34. The highest BCUT2D eigenvalue weighted by Gasteiger charge is 2.22. The van der Waals surface area contributed by atoms with Crippen LogP contribution in [0.5, 0.6) is 0 Å². The number of hydrogen-bond donors (Lipinski definition) is 0. The van der Waals surface area contributed by atoms with Crippen LogP contribution in [0.2, 0.25) is 0 Å². The molecule has 1 heterocycles. The molecule has 0 atom stereocenters. The molecule has 0 saturated heterocycles. The van der Waals surface area contributed by atoms with Gasteiger partial charge >= 0.3 is 0 Å². The Kier molecular flexibility index (Phi) is 4.04. The molecule has 2 rings (SSSR count). The van der Waals surface area contributed by atoms with Crippen LogP contribution in [0.25, 0.3) is 0 Å². The van der Waals surface area contributed by atoms with Crippen molar-refractivity contribution >= 4 is 35.4 Å². The van der Waals surface area contributed by atoms with Gasteiger partial charge < -0.3 is 9.80 Å². The van der Waals surface area contributed by atoms with E-state index in [2.05, 4.69) is 47.9 Å². The summed E-state index contributed by atoms with van der Waals surface area (Å²) in [5, 5.41) is 0. The van der Waals surface area contributed by atoms with E-state index in [1.165, 1.54) is 11.4 Å². The topological polar surface area (TPSA) is 6.48 Å². The fraction of sp³-hybridized carbons (Fsp3) is 0.455. The fourth-order valence-electron chi connectivity index (χ4n) is 1.90. The lowest BCUT2D eigenvalue weighted by Gasteiger charge is -2.18. The van der Waals surface area contributed by atoms with Crippen molar-refractivity contribution in [2.24, 2.45) is 0 Å². The quantitative estimate of drug-likeness (QED) is 0.775. The zero-order chi connectivity index (χ0) is 9.26.